The van der Waals surface area contributed by atoms with Crippen LogP contribution in [0.4, 0.5) is 0 Å². The molecule has 0 atom stereocenters. The van der Waals surface area contributed by atoms with Crippen molar-refractivity contribution < 1.29 is 0 Å². The molecular formula is C14H20N2. The third-order valence-electron chi connectivity index (χ3n) is 3.18. The van der Waals surface area contributed by atoms with E-state index in [1.54, 1.807) is 0 Å². The van der Waals surface area contributed by atoms with Crippen LogP contribution in [0, 0.1) is 0 Å². The molecule has 0 bridgehead atoms. The van der Waals surface area contributed by atoms with E-state index >= 15 is 0 Å². The van der Waals surface area contributed by atoms with E-state index in [1.165, 1.54) is 24.1 Å². The number of hydrogen-bond donors (Lipinski definition) is 1. The van der Waals surface area contributed by atoms with Crippen LogP contribution in [0.3, 0.4) is 0 Å². The number of nitrogens with two attached hydrogens (primary N) is 1. The Morgan fingerprint density at radius 1 is 1.12 bits per heavy atom. The molecule has 2 rings (SSSR count). The molecule has 1 aliphatic heterocycles. The van der Waals surface area contributed by atoms with E-state index < -0.39 is 0 Å². The first-order chi connectivity index (χ1) is 7.90. The Morgan fingerprint density at radius 2 is 1.94 bits per heavy atom. The molecule has 16 heavy (non-hydrogen) atoms. The normalized spacial score (nSPS) is 16.6. The number of rotatable bonds is 4. The first-order valence-electron chi connectivity index (χ1n) is 6.04. The first-order valence-corrected chi connectivity index (χ1v) is 6.04. The van der Waals surface area contributed by atoms with Gasteiger partial charge < -0.3 is 5.73 Å². The highest BCUT2D eigenvalue weighted by Crippen LogP contribution is 2.10. The Bertz CT molecular complexity index is 358. The molecule has 0 aliphatic carbocycles. The summed E-state index contributed by atoms with van der Waals surface area (Å²) in [6.45, 7) is 4.09. The van der Waals surface area contributed by atoms with Gasteiger partial charge in [-0.15, -0.1) is 0 Å². The maximum atomic E-state index is 5.73. The molecule has 0 saturated carbocycles. The van der Waals surface area contributed by atoms with Crippen molar-refractivity contribution >= 4 is 0 Å². The van der Waals surface area contributed by atoms with Gasteiger partial charge in [-0.25, -0.2) is 0 Å². The Labute approximate surface area is 97.8 Å². The van der Waals surface area contributed by atoms with Crippen LogP contribution < -0.4 is 5.73 Å². The fourth-order valence-corrected chi connectivity index (χ4v) is 2.17. The molecule has 1 aromatic carbocycles. The SMILES string of the molecule is NCc1ccccc1CCN1CC=CCC1. The maximum Gasteiger partial charge on any atom is 0.0180 e. The lowest BCUT2D eigenvalue weighted by Crippen LogP contribution is -2.29. The van der Waals surface area contributed by atoms with Gasteiger partial charge >= 0.3 is 0 Å². The fraction of sp³-hybridized carbons (Fsp3) is 0.429. The van der Waals surface area contributed by atoms with Crippen molar-refractivity contribution in [3.63, 3.8) is 0 Å². The summed E-state index contributed by atoms with van der Waals surface area (Å²) in [5, 5.41) is 0. The molecule has 1 heterocycles. The molecular weight excluding hydrogens is 196 g/mol. The molecule has 0 fully saturated rings. The second-order valence-corrected chi connectivity index (χ2v) is 4.28. The van der Waals surface area contributed by atoms with E-state index in [0.29, 0.717) is 6.54 Å². The van der Waals surface area contributed by atoms with Gasteiger partial charge in [0.1, 0.15) is 0 Å². The summed E-state index contributed by atoms with van der Waals surface area (Å²) in [5.41, 5.74) is 8.42. The molecule has 86 valence electrons. The highest BCUT2D eigenvalue weighted by molar-refractivity contribution is 5.27. The third-order valence-corrected chi connectivity index (χ3v) is 3.18. The second kappa shape index (κ2) is 5.83. The third kappa shape index (κ3) is 2.94. The number of benzene rings is 1. The van der Waals surface area contributed by atoms with Gasteiger partial charge in [0.25, 0.3) is 0 Å². The zero-order chi connectivity index (χ0) is 11.2. The van der Waals surface area contributed by atoms with Crippen LogP contribution >= 0.6 is 0 Å². The van der Waals surface area contributed by atoms with Crippen molar-refractivity contribution in [2.75, 3.05) is 19.6 Å². The molecule has 0 spiro atoms. The zero-order valence-corrected chi connectivity index (χ0v) is 9.73. The van der Waals surface area contributed by atoms with Gasteiger partial charge in [0, 0.05) is 26.2 Å². The predicted octanol–water partition coefficient (Wildman–Crippen LogP) is 1.95. The lowest BCUT2D eigenvalue weighted by atomic mass is 10.0. The number of hydrogen-bond acceptors (Lipinski definition) is 2. The van der Waals surface area contributed by atoms with Crippen molar-refractivity contribution in [3.05, 3.63) is 47.5 Å². The molecule has 1 aliphatic rings. The Hall–Kier alpha value is -1.12. The van der Waals surface area contributed by atoms with Crippen molar-refractivity contribution in [2.45, 2.75) is 19.4 Å². The average Bonchev–Trinajstić information content (AvgIpc) is 2.38. The summed E-state index contributed by atoms with van der Waals surface area (Å²) in [6, 6.07) is 8.49. The van der Waals surface area contributed by atoms with Gasteiger partial charge in [-0.3, -0.25) is 4.90 Å². The summed E-state index contributed by atoms with van der Waals surface area (Å²) in [6.07, 6.45) is 6.84. The standard InChI is InChI=1S/C14H20N2/c15-12-14-7-3-2-6-13(14)8-11-16-9-4-1-5-10-16/h1-4,6-7H,5,8-12,15H2. The van der Waals surface area contributed by atoms with Crippen LogP contribution in [0.15, 0.2) is 36.4 Å². The van der Waals surface area contributed by atoms with Crippen molar-refractivity contribution in [2.24, 2.45) is 5.73 Å². The summed E-state index contributed by atoms with van der Waals surface area (Å²) in [4.78, 5) is 2.49. The molecule has 0 unspecified atom stereocenters. The van der Waals surface area contributed by atoms with Gasteiger partial charge in [-0.2, -0.15) is 0 Å². The first kappa shape index (κ1) is 11.4. The van der Waals surface area contributed by atoms with Crippen LogP contribution in [0.5, 0.6) is 0 Å². The smallest absolute Gasteiger partial charge is 0.0180 e. The molecule has 0 amide bonds. The molecule has 0 saturated heterocycles. The van der Waals surface area contributed by atoms with Crippen LogP contribution in [0.1, 0.15) is 17.5 Å². The fourth-order valence-electron chi connectivity index (χ4n) is 2.17. The van der Waals surface area contributed by atoms with Crippen molar-refractivity contribution in [3.8, 4) is 0 Å². The van der Waals surface area contributed by atoms with Crippen LogP contribution in [0.25, 0.3) is 0 Å². The van der Waals surface area contributed by atoms with Crippen molar-refractivity contribution in [1.29, 1.82) is 0 Å². The summed E-state index contributed by atoms with van der Waals surface area (Å²) in [5.74, 6) is 0. The van der Waals surface area contributed by atoms with Gasteiger partial charge in [0.2, 0.25) is 0 Å². The molecule has 0 radical (unpaired) electrons. The maximum absolute atomic E-state index is 5.73. The van der Waals surface area contributed by atoms with Crippen molar-refractivity contribution in [1.82, 2.24) is 4.90 Å². The monoisotopic (exact) mass is 216 g/mol. The van der Waals surface area contributed by atoms with E-state index in [2.05, 4.69) is 41.3 Å². The van der Waals surface area contributed by atoms with Gasteiger partial charge in [0.05, 0.1) is 0 Å². The topological polar surface area (TPSA) is 29.3 Å². The van der Waals surface area contributed by atoms with Crippen LogP contribution in [-0.2, 0) is 13.0 Å². The van der Waals surface area contributed by atoms with Gasteiger partial charge in [0.15, 0.2) is 0 Å². The molecule has 1 aromatic rings. The number of nitrogens with zero attached hydrogens (tertiary/aromatic N) is 1. The summed E-state index contributed by atoms with van der Waals surface area (Å²) in [7, 11) is 0. The second-order valence-electron chi connectivity index (χ2n) is 4.28. The molecule has 2 N–H and O–H groups in total. The molecule has 2 nitrogen and oxygen atoms in total. The quantitative estimate of drug-likeness (QED) is 0.779. The molecule has 2 heteroatoms. The van der Waals surface area contributed by atoms with E-state index in [1.807, 2.05) is 0 Å². The van der Waals surface area contributed by atoms with E-state index in [4.69, 9.17) is 5.73 Å². The lowest BCUT2D eigenvalue weighted by molar-refractivity contribution is 0.302. The van der Waals surface area contributed by atoms with E-state index in [9.17, 15) is 0 Å². The Kier molecular flexibility index (Phi) is 4.14. The molecule has 0 aromatic heterocycles. The lowest BCUT2D eigenvalue weighted by Gasteiger charge is -2.23. The summed E-state index contributed by atoms with van der Waals surface area (Å²) < 4.78 is 0. The summed E-state index contributed by atoms with van der Waals surface area (Å²) >= 11 is 0. The highest BCUT2D eigenvalue weighted by Gasteiger charge is 2.07. The van der Waals surface area contributed by atoms with E-state index in [-0.39, 0.29) is 0 Å². The van der Waals surface area contributed by atoms with E-state index in [0.717, 1.165) is 19.5 Å². The Balaban J connectivity index is 1.91. The Morgan fingerprint density at radius 3 is 2.62 bits per heavy atom. The minimum Gasteiger partial charge on any atom is -0.326 e. The van der Waals surface area contributed by atoms with Crippen LogP contribution in [-0.4, -0.2) is 24.5 Å². The van der Waals surface area contributed by atoms with Crippen LogP contribution in [0.2, 0.25) is 0 Å². The predicted molar refractivity (Wildman–Crippen MR) is 68.2 cm³/mol. The largest absolute Gasteiger partial charge is 0.326 e. The minimum atomic E-state index is 0.649. The zero-order valence-electron chi connectivity index (χ0n) is 9.73. The average molecular weight is 216 g/mol. The van der Waals surface area contributed by atoms with Gasteiger partial charge in [-0.05, 0) is 24.0 Å². The van der Waals surface area contributed by atoms with Gasteiger partial charge in [-0.1, -0.05) is 36.4 Å². The minimum absolute atomic E-state index is 0.649. The highest BCUT2D eigenvalue weighted by atomic mass is 15.1.